The van der Waals surface area contributed by atoms with Crippen LogP contribution < -0.4 is 10.1 Å². The molecule has 1 amide bonds. The monoisotopic (exact) mass is 331 g/mol. The van der Waals surface area contributed by atoms with Crippen molar-refractivity contribution in [2.24, 2.45) is 5.92 Å². The molecular formula is C14H18ClNO4S. The fourth-order valence-electron chi connectivity index (χ4n) is 2.15. The second-order valence-electron chi connectivity index (χ2n) is 5.50. The fourth-order valence-corrected chi connectivity index (χ4v) is 2.94. The molecule has 0 fully saturated rings. The third-order valence-electron chi connectivity index (χ3n) is 3.33. The van der Waals surface area contributed by atoms with Gasteiger partial charge in [-0.3, -0.25) is 4.79 Å². The van der Waals surface area contributed by atoms with E-state index >= 15 is 0 Å². The van der Waals surface area contributed by atoms with Gasteiger partial charge < -0.3 is 10.1 Å². The summed E-state index contributed by atoms with van der Waals surface area (Å²) in [6, 6.07) is 4.07. The number of hydrogen-bond acceptors (Lipinski definition) is 4. The van der Waals surface area contributed by atoms with Crippen molar-refractivity contribution in [3.8, 4) is 5.75 Å². The van der Waals surface area contributed by atoms with E-state index in [0.717, 1.165) is 6.42 Å². The van der Waals surface area contributed by atoms with Crippen LogP contribution in [0, 0.1) is 5.92 Å². The van der Waals surface area contributed by atoms with Crippen molar-refractivity contribution in [2.75, 3.05) is 6.61 Å². The van der Waals surface area contributed by atoms with Gasteiger partial charge in [-0.15, -0.1) is 0 Å². The van der Waals surface area contributed by atoms with Gasteiger partial charge in [-0.05, 0) is 30.5 Å². The van der Waals surface area contributed by atoms with Crippen LogP contribution in [0.5, 0.6) is 5.75 Å². The number of halogens is 1. The zero-order chi connectivity index (χ0) is 15.6. The standard InChI is InChI=1S/C14H18ClNO4S/c1-9(2)3-6-14(17)16-12-8-20-13-5-4-10(7-11(12)13)21(15,18)19/h4-5,7,9,12H,3,6,8H2,1-2H3,(H,16,17). The minimum Gasteiger partial charge on any atom is -0.491 e. The van der Waals surface area contributed by atoms with E-state index in [1.165, 1.54) is 12.1 Å². The number of carbonyl (C=O) groups is 1. The van der Waals surface area contributed by atoms with Gasteiger partial charge in [-0.1, -0.05) is 13.8 Å². The zero-order valence-corrected chi connectivity index (χ0v) is 13.5. The SMILES string of the molecule is CC(C)CCC(=O)NC1COc2ccc(S(=O)(=O)Cl)cc21. The van der Waals surface area contributed by atoms with Crippen LogP contribution in [0.1, 0.15) is 38.3 Å². The highest BCUT2D eigenvalue weighted by Gasteiger charge is 2.27. The van der Waals surface area contributed by atoms with Gasteiger partial charge in [0, 0.05) is 22.7 Å². The second-order valence-corrected chi connectivity index (χ2v) is 8.07. The van der Waals surface area contributed by atoms with E-state index in [4.69, 9.17) is 15.4 Å². The highest BCUT2D eigenvalue weighted by atomic mass is 35.7. The summed E-state index contributed by atoms with van der Waals surface area (Å²) in [5, 5.41) is 2.87. The summed E-state index contributed by atoms with van der Waals surface area (Å²) in [6.07, 6.45) is 1.25. The maximum absolute atomic E-state index is 11.9. The summed E-state index contributed by atoms with van der Waals surface area (Å²) in [6.45, 7) is 4.41. The molecule has 2 rings (SSSR count). The lowest BCUT2D eigenvalue weighted by atomic mass is 10.1. The molecule has 1 heterocycles. The Bertz CT molecular complexity index is 642. The zero-order valence-electron chi connectivity index (χ0n) is 11.9. The molecule has 21 heavy (non-hydrogen) atoms. The minimum atomic E-state index is -3.79. The maximum Gasteiger partial charge on any atom is 0.261 e. The van der Waals surface area contributed by atoms with Crippen LogP contribution in [0.3, 0.4) is 0 Å². The molecule has 1 N–H and O–H groups in total. The largest absolute Gasteiger partial charge is 0.491 e. The predicted molar refractivity (Wildman–Crippen MR) is 79.9 cm³/mol. The summed E-state index contributed by atoms with van der Waals surface area (Å²) in [7, 11) is 1.55. The first kappa shape index (κ1) is 16.1. The predicted octanol–water partition coefficient (Wildman–Crippen LogP) is 2.60. The molecule has 0 aromatic heterocycles. The molecule has 1 atom stereocenters. The molecule has 0 saturated heterocycles. The van der Waals surface area contributed by atoms with Gasteiger partial charge in [-0.2, -0.15) is 0 Å². The average Bonchev–Trinajstić information content (AvgIpc) is 2.78. The Balaban J connectivity index is 2.12. The third-order valence-corrected chi connectivity index (χ3v) is 4.68. The van der Waals surface area contributed by atoms with Gasteiger partial charge in [0.05, 0.1) is 10.9 Å². The first-order chi connectivity index (χ1) is 9.77. The van der Waals surface area contributed by atoms with Crippen LogP contribution in [0.2, 0.25) is 0 Å². The second kappa shape index (κ2) is 6.23. The number of amides is 1. The summed E-state index contributed by atoms with van der Waals surface area (Å²) in [5.41, 5.74) is 0.648. The summed E-state index contributed by atoms with van der Waals surface area (Å²) >= 11 is 0. The van der Waals surface area contributed by atoms with Crippen LogP contribution in [0.4, 0.5) is 0 Å². The van der Waals surface area contributed by atoms with Gasteiger partial charge in [-0.25, -0.2) is 8.42 Å². The van der Waals surface area contributed by atoms with Crippen molar-refractivity contribution in [1.82, 2.24) is 5.32 Å². The van der Waals surface area contributed by atoms with Crippen LogP contribution in [0.25, 0.3) is 0 Å². The van der Waals surface area contributed by atoms with E-state index < -0.39 is 9.05 Å². The number of ether oxygens (including phenoxy) is 1. The lowest BCUT2D eigenvalue weighted by molar-refractivity contribution is -0.122. The molecule has 5 nitrogen and oxygen atoms in total. The molecule has 1 aromatic carbocycles. The Kier molecular flexibility index (Phi) is 4.78. The number of nitrogens with one attached hydrogen (secondary N) is 1. The molecule has 0 bridgehead atoms. The molecule has 1 unspecified atom stereocenters. The van der Waals surface area contributed by atoms with E-state index in [-0.39, 0.29) is 16.8 Å². The van der Waals surface area contributed by atoms with Crippen molar-refractivity contribution < 1.29 is 17.9 Å². The Labute approximate surface area is 129 Å². The van der Waals surface area contributed by atoms with E-state index in [1.54, 1.807) is 6.07 Å². The van der Waals surface area contributed by atoms with Gasteiger partial charge in [0.15, 0.2) is 0 Å². The summed E-state index contributed by atoms with van der Waals surface area (Å²) in [4.78, 5) is 11.9. The van der Waals surface area contributed by atoms with Crippen molar-refractivity contribution in [3.63, 3.8) is 0 Å². The molecular weight excluding hydrogens is 314 g/mol. The normalized spacial score (nSPS) is 17.4. The van der Waals surface area contributed by atoms with Crippen LogP contribution >= 0.6 is 10.7 Å². The van der Waals surface area contributed by atoms with Crippen LogP contribution in [-0.2, 0) is 13.8 Å². The maximum atomic E-state index is 11.9. The van der Waals surface area contributed by atoms with E-state index in [9.17, 15) is 13.2 Å². The van der Waals surface area contributed by atoms with Gasteiger partial charge >= 0.3 is 0 Å². The fraction of sp³-hybridized carbons (Fsp3) is 0.500. The van der Waals surface area contributed by atoms with Crippen LogP contribution in [0.15, 0.2) is 23.1 Å². The first-order valence-corrected chi connectivity index (χ1v) is 9.09. The molecule has 0 saturated carbocycles. The molecule has 0 radical (unpaired) electrons. The highest BCUT2D eigenvalue weighted by molar-refractivity contribution is 8.13. The molecule has 0 spiro atoms. The topological polar surface area (TPSA) is 72.5 Å². The molecule has 1 aliphatic heterocycles. The summed E-state index contributed by atoms with van der Waals surface area (Å²) < 4.78 is 28.2. The quantitative estimate of drug-likeness (QED) is 0.842. The first-order valence-electron chi connectivity index (χ1n) is 6.78. The number of rotatable bonds is 5. The summed E-state index contributed by atoms with van der Waals surface area (Å²) in [5.74, 6) is 0.966. The molecule has 7 heteroatoms. The van der Waals surface area contributed by atoms with Crippen molar-refractivity contribution in [3.05, 3.63) is 23.8 Å². The Morgan fingerprint density at radius 1 is 1.48 bits per heavy atom. The lowest BCUT2D eigenvalue weighted by Gasteiger charge is -2.13. The van der Waals surface area contributed by atoms with E-state index in [1.807, 2.05) is 0 Å². The Morgan fingerprint density at radius 3 is 2.81 bits per heavy atom. The average molecular weight is 332 g/mol. The van der Waals surface area contributed by atoms with Crippen molar-refractivity contribution in [2.45, 2.75) is 37.6 Å². The smallest absolute Gasteiger partial charge is 0.261 e. The van der Waals surface area contributed by atoms with Crippen LogP contribution in [-0.4, -0.2) is 20.9 Å². The van der Waals surface area contributed by atoms with Gasteiger partial charge in [0.2, 0.25) is 5.91 Å². The molecule has 1 aliphatic rings. The molecule has 1 aromatic rings. The number of fused-ring (bicyclic) bond motifs is 1. The van der Waals surface area contributed by atoms with Crippen molar-refractivity contribution >= 4 is 25.6 Å². The lowest BCUT2D eigenvalue weighted by Crippen LogP contribution is -2.29. The van der Waals surface area contributed by atoms with Gasteiger partial charge in [0.1, 0.15) is 12.4 Å². The number of hydrogen-bond donors (Lipinski definition) is 1. The number of benzene rings is 1. The van der Waals surface area contributed by atoms with E-state index in [2.05, 4.69) is 19.2 Å². The molecule has 0 aliphatic carbocycles. The van der Waals surface area contributed by atoms with Crippen molar-refractivity contribution in [1.29, 1.82) is 0 Å². The van der Waals surface area contributed by atoms with E-state index in [0.29, 0.717) is 30.3 Å². The Morgan fingerprint density at radius 2 is 2.19 bits per heavy atom. The Hall–Kier alpha value is -1.27. The highest BCUT2D eigenvalue weighted by Crippen LogP contribution is 2.34. The minimum absolute atomic E-state index is 0.00912. The number of carbonyl (C=O) groups excluding carboxylic acids is 1. The third kappa shape index (κ3) is 4.11. The van der Waals surface area contributed by atoms with Gasteiger partial charge in [0.25, 0.3) is 9.05 Å². The molecule has 116 valence electrons.